The molecule has 0 saturated heterocycles. The first kappa shape index (κ1) is 15.7. The molecule has 1 fully saturated rings. The van der Waals surface area contributed by atoms with Gasteiger partial charge in [0.05, 0.1) is 0 Å². The summed E-state index contributed by atoms with van der Waals surface area (Å²) in [6, 6.07) is 0. The van der Waals surface area contributed by atoms with Crippen molar-refractivity contribution in [2.75, 3.05) is 0 Å². The van der Waals surface area contributed by atoms with E-state index in [-0.39, 0.29) is 17.6 Å². The molecular formula is C16H30O2. The summed E-state index contributed by atoms with van der Waals surface area (Å²) in [6.45, 7) is 8.32. The fourth-order valence-corrected chi connectivity index (χ4v) is 3.02. The Balaban J connectivity index is 2.57. The SMILES string of the molecule is CCC(C)C(O)C(=O)C(C)C1CCCC(C)CC1. The number of carbonyl (C=O) groups is 1. The average Bonchev–Trinajstić information content (AvgIpc) is 2.60. The highest BCUT2D eigenvalue weighted by Gasteiger charge is 2.31. The Kier molecular flexibility index (Phi) is 6.34. The normalized spacial score (nSPS) is 30.3. The topological polar surface area (TPSA) is 37.3 Å². The minimum Gasteiger partial charge on any atom is -0.385 e. The van der Waals surface area contributed by atoms with Gasteiger partial charge in [0.15, 0.2) is 5.78 Å². The molecule has 1 aliphatic rings. The van der Waals surface area contributed by atoms with Crippen LogP contribution in [0.1, 0.15) is 66.2 Å². The van der Waals surface area contributed by atoms with E-state index in [0.29, 0.717) is 5.92 Å². The molecule has 1 rings (SSSR count). The standard InChI is InChI=1S/C16H30O2/c1-5-12(3)15(17)16(18)13(4)14-8-6-7-11(2)9-10-14/h11-15,17H,5-10H2,1-4H3. The highest BCUT2D eigenvalue weighted by Crippen LogP contribution is 2.33. The number of carbonyl (C=O) groups excluding carboxylic acids is 1. The second kappa shape index (κ2) is 7.28. The van der Waals surface area contributed by atoms with Crippen molar-refractivity contribution in [1.82, 2.24) is 0 Å². The van der Waals surface area contributed by atoms with E-state index in [1.807, 2.05) is 20.8 Å². The zero-order valence-corrected chi connectivity index (χ0v) is 12.5. The molecule has 0 bridgehead atoms. The lowest BCUT2D eigenvalue weighted by molar-refractivity contribution is -0.135. The maximum absolute atomic E-state index is 12.3. The second-order valence-electron chi connectivity index (χ2n) is 6.39. The van der Waals surface area contributed by atoms with Crippen LogP contribution >= 0.6 is 0 Å². The third-order valence-electron chi connectivity index (χ3n) is 4.93. The Morgan fingerprint density at radius 2 is 1.89 bits per heavy atom. The van der Waals surface area contributed by atoms with E-state index in [1.54, 1.807) is 0 Å². The summed E-state index contributed by atoms with van der Waals surface area (Å²) in [4.78, 5) is 12.3. The molecule has 106 valence electrons. The van der Waals surface area contributed by atoms with Gasteiger partial charge in [-0.3, -0.25) is 4.79 Å². The van der Waals surface area contributed by atoms with Crippen LogP contribution in [-0.4, -0.2) is 17.0 Å². The van der Waals surface area contributed by atoms with Crippen LogP contribution < -0.4 is 0 Å². The fourth-order valence-electron chi connectivity index (χ4n) is 3.02. The van der Waals surface area contributed by atoms with Gasteiger partial charge >= 0.3 is 0 Å². The highest BCUT2D eigenvalue weighted by atomic mass is 16.3. The van der Waals surface area contributed by atoms with Crippen LogP contribution in [0.15, 0.2) is 0 Å². The van der Waals surface area contributed by atoms with E-state index >= 15 is 0 Å². The minimum atomic E-state index is -0.759. The van der Waals surface area contributed by atoms with Gasteiger partial charge in [-0.25, -0.2) is 0 Å². The van der Waals surface area contributed by atoms with Gasteiger partial charge in [-0.2, -0.15) is 0 Å². The molecule has 0 aliphatic heterocycles. The lowest BCUT2D eigenvalue weighted by atomic mass is 9.80. The smallest absolute Gasteiger partial charge is 0.164 e. The number of hydrogen-bond donors (Lipinski definition) is 1. The van der Waals surface area contributed by atoms with Crippen molar-refractivity contribution in [3.8, 4) is 0 Å². The predicted octanol–water partition coefficient (Wildman–Crippen LogP) is 3.82. The number of rotatable bonds is 5. The van der Waals surface area contributed by atoms with Crippen molar-refractivity contribution in [1.29, 1.82) is 0 Å². The molecular weight excluding hydrogens is 224 g/mol. The first-order valence-electron chi connectivity index (χ1n) is 7.69. The zero-order chi connectivity index (χ0) is 13.7. The number of aliphatic hydroxyl groups excluding tert-OH is 1. The summed E-state index contributed by atoms with van der Waals surface area (Å²) in [7, 11) is 0. The summed E-state index contributed by atoms with van der Waals surface area (Å²) < 4.78 is 0. The van der Waals surface area contributed by atoms with Crippen molar-refractivity contribution in [3.05, 3.63) is 0 Å². The summed E-state index contributed by atoms with van der Waals surface area (Å²) in [5.41, 5.74) is 0. The van der Waals surface area contributed by atoms with Crippen LogP contribution in [0.3, 0.4) is 0 Å². The third kappa shape index (κ3) is 4.08. The van der Waals surface area contributed by atoms with Gasteiger partial charge in [-0.15, -0.1) is 0 Å². The fraction of sp³-hybridized carbons (Fsp3) is 0.938. The maximum atomic E-state index is 12.3. The van der Waals surface area contributed by atoms with E-state index in [1.165, 1.54) is 19.3 Å². The quantitative estimate of drug-likeness (QED) is 0.757. The predicted molar refractivity (Wildman–Crippen MR) is 75.4 cm³/mol. The van der Waals surface area contributed by atoms with Crippen molar-refractivity contribution in [2.45, 2.75) is 72.3 Å². The van der Waals surface area contributed by atoms with Crippen LogP contribution in [0.25, 0.3) is 0 Å². The Hall–Kier alpha value is -0.370. The lowest BCUT2D eigenvalue weighted by Gasteiger charge is -2.25. The molecule has 0 aromatic rings. The minimum absolute atomic E-state index is 0.0271. The molecule has 0 spiro atoms. The Morgan fingerprint density at radius 1 is 1.22 bits per heavy atom. The molecule has 0 aromatic carbocycles. The first-order valence-corrected chi connectivity index (χ1v) is 7.69. The van der Waals surface area contributed by atoms with Crippen LogP contribution in [0.4, 0.5) is 0 Å². The lowest BCUT2D eigenvalue weighted by Crippen LogP contribution is -2.35. The molecule has 2 heteroatoms. The van der Waals surface area contributed by atoms with Crippen LogP contribution in [0.2, 0.25) is 0 Å². The van der Waals surface area contributed by atoms with Crippen LogP contribution in [-0.2, 0) is 4.79 Å². The molecule has 5 unspecified atom stereocenters. The Bertz CT molecular complexity index is 262. The van der Waals surface area contributed by atoms with Crippen molar-refractivity contribution < 1.29 is 9.90 Å². The van der Waals surface area contributed by atoms with Crippen molar-refractivity contribution >= 4 is 5.78 Å². The van der Waals surface area contributed by atoms with E-state index in [4.69, 9.17) is 0 Å². The molecule has 18 heavy (non-hydrogen) atoms. The number of hydrogen-bond acceptors (Lipinski definition) is 2. The molecule has 0 heterocycles. The summed E-state index contributed by atoms with van der Waals surface area (Å²) >= 11 is 0. The third-order valence-corrected chi connectivity index (χ3v) is 4.93. The van der Waals surface area contributed by atoms with Gasteiger partial charge in [-0.05, 0) is 30.6 Å². The summed E-state index contributed by atoms with van der Waals surface area (Å²) in [5, 5.41) is 10.1. The second-order valence-corrected chi connectivity index (χ2v) is 6.39. The molecule has 1 saturated carbocycles. The van der Waals surface area contributed by atoms with E-state index < -0.39 is 6.10 Å². The number of aliphatic hydroxyl groups is 1. The molecule has 0 radical (unpaired) electrons. The van der Waals surface area contributed by atoms with E-state index in [9.17, 15) is 9.90 Å². The van der Waals surface area contributed by atoms with Gasteiger partial charge in [0, 0.05) is 5.92 Å². The zero-order valence-electron chi connectivity index (χ0n) is 12.5. The molecule has 1 N–H and O–H groups in total. The van der Waals surface area contributed by atoms with Gasteiger partial charge < -0.3 is 5.11 Å². The molecule has 1 aliphatic carbocycles. The van der Waals surface area contributed by atoms with E-state index in [2.05, 4.69) is 6.92 Å². The number of Topliss-reactive ketones (excluding diaryl/α,β-unsaturated/α-hetero) is 1. The molecule has 5 atom stereocenters. The largest absolute Gasteiger partial charge is 0.385 e. The number of ketones is 1. The van der Waals surface area contributed by atoms with Gasteiger partial charge in [-0.1, -0.05) is 53.4 Å². The molecule has 0 amide bonds. The van der Waals surface area contributed by atoms with Gasteiger partial charge in [0.1, 0.15) is 6.10 Å². The van der Waals surface area contributed by atoms with Gasteiger partial charge in [0.25, 0.3) is 0 Å². The van der Waals surface area contributed by atoms with E-state index in [0.717, 1.165) is 25.2 Å². The van der Waals surface area contributed by atoms with Crippen molar-refractivity contribution in [2.24, 2.45) is 23.7 Å². The maximum Gasteiger partial charge on any atom is 0.164 e. The summed E-state index contributed by atoms with van der Waals surface area (Å²) in [6.07, 6.45) is 6.19. The average molecular weight is 254 g/mol. The highest BCUT2D eigenvalue weighted by molar-refractivity contribution is 5.85. The van der Waals surface area contributed by atoms with Crippen LogP contribution in [0.5, 0.6) is 0 Å². The molecule has 2 nitrogen and oxygen atoms in total. The van der Waals surface area contributed by atoms with Crippen molar-refractivity contribution in [3.63, 3.8) is 0 Å². The summed E-state index contributed by atoms with van der Waals surface area (Å²) in [5.74, 6) is 1.48. The Morgan fingerprint density at radius 3 is 2.50 bits per heavy atom. The Labute approximate surface area is 112 Å². The first-order chi connectivity index (χ1) is 8.47. The molecule has 0 aromatic heterocycles. The van der Waals surface area contributed by atoms with Gasteiger partial charge in [0.2, 0.25) is 0 Å². The monoisotopic (exact) mass is 254 g/mol. The van der Waals surface area contributed by atoms with Crippen LogP contribution in [0, 0.1) is 23.7 Å².